The van der Waals surface area contributed by atoms with Crippen LogP contribution in [0.4, 0.5) is 0 Å². The molecule has 0 rings (SSSR count). The van der Waals surface area contributed by atoms with Crippen molar-refractivity contribution < 1.29 is 9.90 Å². The molecule has 6 nitrogen and oxygen atoms in total. The second-order valence-electron chi connectivity index (χ2n) is 1.63. The number of hydrogen-bond donors (Lipinski definition) is 4. The van der Waals surface area contributed by atoms with Crippen molar-refractivity contribution in [2.45, 2.75) is 13.0 Å². The number of rotatable bonds is 4. The Balaban J connectivity index is 0. The van der Waals surface area contributed by atoms with Crippen molar-refractivity contribution in [1.82, 2.24) is 10.9 Å². The van der Waals surface area contributed by atoms with E-state index in [0.717, 1.165) is 6.34 Å². The Kier molecular flexibility index (Phi) is 8.16. The summed E-state index contributed by atoms with van der Waals surface area (Å²) in [7, 11) is 0. The number of nitrogens with one attached hydrogen (secondary N) is 2. The second-order valence-corrected chi connectivity index (χ2v) is 1.63. The van der Waals surface area contributed by atoms with Gasteiger partial charge in [-0.05, 0) is 6.92 Å². The van der Waals surface area contributed by atoms with Crippen LogP contribution in [-0.2, 0) is 4.79 Å². The molecule has 0 radical (unpaired) electrons. The lowest BCUT2D eigenvalue weighted by molar-refractivity contribution is -0.139. The summed E-state index contributed by atoms with van der Waals surface area (Å²) in [5.41, 5.74) is 4.77. The van der Waals surface area contributed by atoms with Gasteiger partial charge in [0.15, 0.2) is 0 Å². The summed E-state index contributed by atoms with van der Waals surface area (Å²) in [5, 5.41) is 11.4. The standard InChI is InChI=1S/C4H10N4O2.ClH/c1-3(4(9)10)8-7-2-6-5;/h2-3,8H,5H2,1H3,(H,6,7)(H,9,10);1H. The zero-order valence-corrected chi connectivity index (χ0v) is 6.76. The van der Waals surface area contributed by atoms with Crippen LogP contribution in [0.3, 0.4) is 0 Å². The number of hydrazone groups is 1. The fourth-order valence-electron chi connectivity index (χ4n) is 0.261. The first kappa shape index (κ1) is 12.6. The lowest BCUT2D eigenvalue weighted by atomic mass is 10.4. The summed E-state index contributed by atoms with van der Waals surface area (Å²) in [6.07, 6.45) is 1.15. The quantitative estimate of drug-likeness (QED) is 0.191. The highest BCUT2D eigenvalue weighted by molar-refractivity contribution is 5.85. The number of hydrogen-bond acceptors (Lipinski definition) is 4. The number of carbonyl (C=O) groups is 1. The minimum Gasteiger partial charge on any atom is -0.480 e. The van der Waals surface area contributed by atoms with Crippen molar-refractivity contribution in [1.29, 1.82) is 0 Å². The van der Waals surface area contributed by atoms with Crippen molar-refractivity contribution in [2.75, 3.05) is 0 Å². The van der Waals surface area contributed by atoms with Gasteiger partial charge >= 0.3 is 5.97 Å². The Morgan fingerprint density at radius 3 is 2.73 bits per heavy atom. The molecule has 7 heteroatoms. The van der Waals surface area contributed by atoms with Crippen LogP contribution >= 0.6 is 12.4 Å². The van der Waals surface area contributed by atoms with Crippen LogP contribution in [0.1, 0.15) is 6.92 Å². The van der Waals surface area contributed by atoms with Crippen LogP contribution in [0.5, 0.6) is 0 Å². The Morgan fingerprint density at radius 1 is 1.82 bits per heavy atom. The van der Waals surface area contributed by atoms with Gasteiger partial charge in [0, 0.05) is 0 Å². The average Bonchev–Trinajstić information content (AvgIpc) is 1.88. The van der Waals surface area contributed by atoms with Crippen molar-refractivity contribution in [3.8, 4) is 0 Å². The third-order valence-electron chi connectivity index (χ3n) is 0.809. The summed E-state index contributed by atoms with van der Waals surface area (Å²) in [5.74, 6) is 3.76. The van der Waals surface area contributed by atoms with Gasteiger partial charge in [-0.25, -0.2) is 5.43 Å². The SMILES string of the molecule is CC(NNC=NN)C(=O)O.Cl. The van der Waals surface area contributed by atoms with Crippen molar-refractivity contribution in [2.24, 2.45) is 10.9 Å². The van der Waals surface area contributed by atoms with Crippen LogP contribution < -0.4 is 16.7 Å². The monoisotopic (exact) mass is 182 g/mol. The molecule has 0 saturated heterocycles. The van der Waals surface area contributed by atoms with Crippen LogP contribution in [-0.4, -0.2) is 23.5 Å². The summed E-state index contributed by atoms with van der Waals surface area (Å²) < 4.78 is 0. The van der Waals surface area contributed by atoms with E-state index in [2.05, 4.69) is 16.0 Å². The minimum atomic E-state index is -0.946. The van der Waals surface area contributed by atoms with E-state index in [1.807, 2.05) is 0 Å². The molecule has 5 N–H and O–H groups in total. The van der Waals surface area contributed by atoms with Crippen molar-refractivity contribution >= 4 is 24.7 Å². The molecule has 0 aromatic rings. The molecule has 0 amide bonds. The first-order valence-corrected chi connectivity index (χ1v) is 2.64. The molecule has 0 saturated carbocycles. The molecule has 0 aliphatic rings. The fraction of sp³-hybridized carbons (Fsp3) is 0.500. The van der Waals surface area contributed by atoms with Gasteiger partial charge < -0.3 is 16.4 Å². The third-order valence-corrected chi connectivity index (χ3v) is 0.809. The highest BCUT2D eigenvalue weighted by atomic mass is 35.5. The van der Waals surface area contributed by atoms with Gasteiger partial charge in [-0.3, -0.25) is 4.79 Å². The zero-order valence-electron chi connectivity index (χ0n) is 5.94. The Labute approximate surface area is 70.2 Å². The van der Waals surface area contributed by atoms with Crippen LogP contribution in [0.25, 0.3) is 0 Å². The predicted molar refractivity (Wildman–Crippen MR) is 43.3 cm³/mol. The number of halogens is 1. The van der Waals surface area contributed by atoms with Gasteiger partial charge in [0.25, 0.3) is 0 Å². The van der Waals surface area contributed by atoms with E-state index in [1.54, 1.807) is 0 Å². The van der Waals surface area contributed by atoms with E-state index < -0.39 is 12.0 Å². The molecule has 1 atom stereocenters. The molecular weight excluding hydrogens is 172 g/mol. The molecule has 0 bridgehead atoms. The topological polar surface area (TPSA) is 99.7 Å². The maximum Gasteiger partial charge on any atom is 0.322 e. The van der Waals surface area contributed by atoms with Gasteiger partial charge in [0.05, 0.1) is 0 Å². The highest BCUT2D eigenvalue weighted by Crippen LogP contribution is 1.74. The lowest BCUT2D eigenvalue weighted by Crippen LogP contribution is -2.42. The third kappa shape index (κ3) is 6.88. The molecule has 66 valence electrons. The lowest BCUT2D eigenvalue weighted by Gasteiger charge is -2.06. The fourth-order valence-corrected chi connectivity index (χ4v) is 0.261. The van der Waals surface area contributed by atoms with Gasteiger partial charge in [-0.2, -0.15) is 5.10 Å². The van der Waals surface area contributed by atoms with E-state index in [9.17, 15) is 4.79 Å². The zero-order chi connectivity index (χ0) is 7.98. The summed E-state index contributed by atoms with van der Waals surface area (Å²) >= 11 is 0. The summed E-state index contributed by atoms with van der Waals surface area (Å²) in [6, 6.07) is -0.669. The van der Waals surface area contributed by atoms with Crippen molar-refractivity contribution in [3.63, 3.8) is 0 Å². The van der Waals surface area contributed by atoms with Gasteiger partial charge in [0.2, 0.25) is 0 Å². The molecule has 0 aliphatic carbocycles. The number of nitrogens with two attached hydrogens (primary N) is 1. The molecule has 0 heterocycles. The van der Waals surface area contributed by atoms with Crippen LogP contribution in [0.2, 0.25) is 0 Å². The molecule has 0 aromatic carbocycles. The Morgan fingerprint density at radius 2 is 2.36 bits per heavy atom. The number of carboxylic acids is 1. The van der Waals surface area contributed by atoms with Crippen LogP contribution in [0.15, 0.2) is 5.10 Å². The van der Waals surface area contributed by atoms with E-state index in [-0.39, 0.29) is 12.4 Å². The molecule has 0 aromatic heterocycles. The number of aliphatic carboxylic acids is 1. The Bertz CT molecular complexity index is 140. The number of hydrazine groups is 1. The molecular formula is C4H11ClN4O2. The van der Waals surface area contributed by atoms with E-state index >= 15 is 0 Å². The largest absolute Gasteiger partial charge is 0.480 e. The molecule has 0 aliphatic heterocycles. The minimum absolute atomic E-state index is 0. The number of nitrogens with zero attached hydrogens (tertiary/aromatic N) is 1. The van der Waals surface area contributed by atoms with Crippen LogP contribution in [0, 0.1) is 0 Å². The smallest absolute Gasteiger partial charge is 0.322 e. The van der Waals surface area contributed by atoms with Gasteiger partial charge in [-0.15, -0.1) is 12.4 Å². The highest BCUT2D eigenvalue weighted by Gasteiger charge is 2.07. The van der Waals surface area contributed by atoms with E-state index in [4.69, 9.17) is 10.9 Å². The number of carboxylic acid groups (broad SMARTS) is 1. The normalized spacial score (nSPS) is 12.1. The van der Waals surface area contributed by atoms with E-state index in [0.29, 0.717) is 0 Å². The average molecular weight is 183 g/mol. The molecule has 1 unspecified atom stereocenters. The molecule has 0 fully saturated rings. The maximum atomic E-state index is 10.1. The predicted octanol–water partition coefficient (Wildman–Crippen LogP) is -1.12. The first-order chi connectivity index (χ1) is 4.68. The maximum absolute atomic E-state index is 10.1. The first-order valence-electron chi connectivity index (χ1n) is 2.64. The molecule has 11 heavy (non-hydrogen) atoms. The Hall–Kier alpha value is -1.01. The van der Waals surface area contributed by atoms with E-state index in [1.165, 1.54) is 6.92 Å². The molecule has 0 spiro atoms. The van der Waals surface area contributed by atoms with Gasteiger partial charge in [-0.1, -0.05) is 0 Å². The van der Waals surface area contributed by atoms with Crippen molar-refractivity contribution in [3.05, 3.63) is 0 Å². The summed E-state index contributed by atoms with van der Waals surface area (Å²) in [6.45, 7) is 1.49. The summed E-state index contributed by atoms with van der Waals surface area (Å²) in [4.78, 5) is 10.1. The second kappa shape index (κ2) is 7.10. The van der Waals surface area contributed by atoms with Gasteiger partial charge in [0.1, 0.15) is 12.4 Å².